The second kappa shape index (κ2) is 7.09. The molecule has 5 nitrogen and oxygen atoms in total. The van der Waals surface area contributed by atoms with E-state index in [0.717, 1.165) is 15.6 Å². The van der Waals surface area contributed by atoms with Crippen LogP contribution in [-0.2, 0) is 4.79 Å². The van der Waals surface area contributed by atoms with Crippen molar-refractivity contribution in [2.75, 3.05) is 18.4 Å². The molecule has 0 heterocycles. The molecule has 0 fully saturated rings. The van der Waals surface area contributed by atoms with Crippen LogP contribution in [0.4, 0.5) is 10.5 Å². The predicted molar refractivity (Wildman–Crippen MR) is 82.0 cm³/mol. The summed E-state index contributed by atoms with van der Waals surface area (Å²) in [6.07, 6.45) is 1.49. The lowest BCUT2D eigenvalue weighted by Crippen LogP contribution is -2.39. The third kappa shape index (κ3) is 4.38. The van der Waals surface area contributed by atoms with Crippen LogP contribution in [0.25, 0.3) is 0 Å². The van der Waals surface area contributed by atoms with Crippen LogP contribution in [0, 0.1) is 13.8 Å². The molecule has 0 aliphatic carbocycles. The molecule has 0 saturated heterocycles. The predicted octanol–water partition coefficient (Wildman–Crippen LogP) is 3.17. The van der Waals surface area contributed by atoms with Crippen molar-refractivity contribution in [3.8, 4) is 0 Å². The Balaban J connectivity index is 2.93. The first kappa shape index (κ1) is 16.2. The molecule has 2 amide bonds. The fraction of sp³-hybridized carbons (Fsp3) is 0.286. The number of amides is 2. The lowest BCUT2D eigenvalue weighted by Gasteiger charge is -2.21. The minimum atomic E-state index is -1.06. The number of carboxylic acid groups (broad SMARTS) is 1. The van der Waals surface area contributed by atoms with Crippen LogP contribution in [0.1, 0.15) is 11.1 Å². The van der Waals surface area contributed by atoms with Gasteiger partial charge in [0.05, 0.1) is 0 Å². The summed E-state index contributed by atoms with van der Waals surface area (Å²) in [5.74, 6) is -1.06. The van der Waals surface area contributed by atoms with Gasteiger partial charge in [-0.1, -0.05) is 22.0 Å². The van der Waals surface area contributed by atoms with E-state index < -0.39 is 12.0 Å². The zero-order valence-corrected chi connectivity index (χ0v) is 13.0. The molecule has 0 bridgehead atoms. The molecule has 1 rings (SSSR count). The van der Waals surface area contributed by atoms with Crippen LogP contribution in [0.5, 0.6) is 0 Å². The number of carbonyl (C=O) groups excluding carboxylic acids is 1. The van der Waals surface area contributed by atoms with Gasteiger partial charge in [0.2, 0.25) is 0 Å². The molecule has 0 saturated carbocycles. The summed E-state index contributed by atoms with van der Waals surface area (Å²) in [7, 11) is 0. The molecule has 1 aromatic rings. The smallest absolute Gasteiger partial charge is 0.323 e. The van der Waals surface area contributed by atoms with Crippen molar-refractivity contribution < 1.29 is 14.7 Å². The Kier molecular flexibility index (Phi) is 5.76. The van der Waals surface area contributed by atoms with Crippen molar-refractivity contribution >= 4 is 33.6 Å². The van der Waals surface area contributed by atoms with Gasteiger partial charge in [0, 0.05) is 16.7 Å². The third-order valence-electron chi connectivity index (χ3n) is 2.69. The maximum absolute atomic E-state index is 12.1. The lowest BCUT2D eigenvalue weighted by molar-refractivity contribution is -0.137. The van der Waals surface area contributed by atoms with Crippen LogP contribution >= 0.6 is 15.9 Å². The number of aryl methyl sites for hydroxylation is 2. The van der Waals surface area contributed by atoms with Crippen molar-refractivity contribution in [2.24, 2.45) is 0 Å². The molecule has 0 unspecified atom stereocenters. The minimum absolute atomic E-state index is 0.173. The number of carboxylic acids is 1. The summed E-state index contributed by atoms with van der Waals surface area (Å²) < 4.78 is 0.930. The van der Waals surface area contributed by atoms with E-state index in [9.17, 15) is 9.59 Å². The fourth-order valence-corrected chi connectivity index (χ4v) is 2.52. The Morgan fingerprint density at radius 2 is 1.95 bits per heavy atom. The zero-order chi connectivity index (χ0) is 15.3. The van der Waals surface area contributed by atoms with E-state index in [4.69, 9.17) is 5.11 Å². The lowest BCUT2D eigenvalue weighted by atomic mass is 10.1. The summed E-state index contributed by atoms with van der Waals surface area (Å²) in [5.41, 5.74) is 2.50. The molecule has 0 aliphatic rings. The van der Waals surface area contributed by atoms with Crippen LogP contribution in [0.3, 0.4) is 0 Å². The first-order valence-electron chi connectivity index (χ1n) is 6.00. The fourth-order valence-electron chi connectivity index (χ4n) is 1.83. The van der Waals surface area contributed by atoms with E-state index in [-0.39, 0.29) is 13.1 Å². The Morgan fingerprint density at radius 3 is 2.40 bits per heavy atom. The average Bonchev–Trinajstić information content (AvgIpc) is 2.32. The van der Waals surface area contributed by atoms with Crippen molar-refractivity contribution in [1.29, 1.82) is 0 Å². The molecule has 0 atom stereocenters. The molecule has 20 heavy (non-hydrogen) atoms. The monoisotopic (exact) mass is 340 g/mol. The second-order valence-electron chi connectivity index (χ2n) is 4.41. The van der Waals surface area contributed by atoms with E-state index in [1.807, 2.05) is 26.0 Å². The highest BCUT2D eigenvalue weighted by atomic mass is 79.9. The first-order valence-corrected chi connectivity index (χ1v) is 6.79. The van der Waals surface area contributed by atoms with Crippen LogP contribution < -0.4 is 5.32 Å². The van der Waals surface area contributed by atoms with Crippen LogP contribution in [0.2, 0.25) is 0 Å². The van der Waals surface area contributed by atoms with Gasteiger partial charge in [-0.25, -0.2) is 4.79 Å². The Hall–Kier alpha value is -1.82. The van der Waals surface area contributed by atoms with E-state index in [2.05, 4.69) is 27.8 Å². The topological polar surface area (TPSA) is 69.6 Å². The number of urea groups is 1. The van der Waals surface area contributed by atoms with Gasteiger partial charge in [-0.2, -0.15) is 0 Å². The molecule has 108 valence electrons. The van der Waals surface area contributed by atoms with Gasteiger partial charge in [0.15, 0.2) is 0 Å². The van der Waals surface area contributed by atoms with Crippen molar-refractivity contribution in [3.63, 3.8) is 0 Å². The quantitative estimate of drug-likeness (QED) is 0.809. The molecule has 0 radical (unpaired) electrons. The highest BCUT2D eigenvalue weighted by Gasteiger charge is 2.17. The molecule has 0 aromatic heterocycles. The second-order valence-corrected chi connectivity index (χ2v) is 5.32. The van der Waals surface area contributed by atoms with Gasteiger partial charge in [0.25, 0.3) is 0 Å². The van der Waals surface area contributed by atoms with Gasteiger partial charge in [-0.3, -0.25) is 4.79 Å². The number of hydrogen-bond acceptors (Lipinski definition) is 2. The molecule has 2 N–H and O–H groups in total. The number of hydrogen-bond donors (Lipinski definition) is 2. The maximum atomic E-state index is 12.1. The van der Waals surface area contributed by atoms with Crippen molar-refractivity contribution in [3.05, 3.63) is 40.4 Å². The van der Waals surface area contributed by atoms with Gasteiger partial charge in [0.1, 0.15) is 6.54 Å². The molecule has 0 spiro atoms. The Morgan fingerprint density at radius 1 is 1.40 bits per heavy atom. The highest BCUT2D eigenvalue weighted by Crippen LogP contribution is 2.25. The third-order valence-corrected chi connectivity index (χ3v) is 3.15. The number of halogens is 1. The van der Waals surface area contributed by atoms with E-state index in [0.29, 0.717) is 5.69 Å². The largest absolute Gasteiger partial charge is 0.480 e. The highest BCUT2D eigenvalue weighted by molar-refractivity contribution is 9.10. The van der Waals surface area contributed by atoms with Gasteiger partial charge in [-0.05, 0) is 37.1 Å². The van der Waals surface area contributed by atoms with Crippen molar-refractivity contribution in [1.82, 2.24) is 4.90 Å². The molecular weight excluding hydrogens is 324 g/mol. The number of carbonyl (C=O) groups is 2. The number of rotatable bonds is 5. The average molecular weight is 341 g/mol. The number of aliphatic carboxylic acids is 1. The summed E-state index contributed by atoms with van der Waals surface area (Å²) >= 11 is 3.39. The summed E-state index contributed by atoms with van der Waals surface area (Å²) in [5, 5.41) is 11.6. The van der Waals surface area contributed by atoms with Gasteiger partial charge < -0.3 is 15.3 Å². The summed E-state index contributed by atoms with van der Waals surface area (Å²) in [6, 6.07) is 3.32. The van der Waals surface area contributed by atoms with E-state index in [1.54, 1.807) is 0 Å². The minimum Gasteiger partial charge on any atom is -0.480 e. The molecule has 1 aromatic carbocycles. The summed E-state index contributed by atoms with van der Waals surface area (Å²) in [6.45, 7) is 7.08. The van der Waals surface area contributed by atoms with E-state index >= 15 is 0 Å². The maximum Gasteiger partial charge on any atom is 0.323 e. The standard InChI is InChI=1S/C14H17BrN2O3/c1-4-5-17(8-12(18)19)14(20)16-13-9(2)6-11(15)7-10(13)3/h4,6-7H,1,5,8H2,2-3H3,(H,16,20)(H,18,19). The number of nitrogens with zero attached hydrogens (tertiary/aromatic N) is 1. The first-order chi connectivity index (χ1) is 9.35. The number of nitrogens with one attached hydrogen (secondary N) is 1. The number of anilines is 1. The molecular formula is C14H17BrN2O3. The van der Waals surface area contributed by atoms with Gasteiger partial charge >= 0.3 is 12.0 Å². The molecule has 6 heteroatoms. The molecule has 0 aliphatic heterocycles. The van der Waals surface area contributed by atoms with E-state index in [1.165, 1.54) is 11.0 Å². The number of benzene rings is 1. The Bertz CT molecular complexity index is 520. The van der Waals surface area contributed by atoms with Crippen molar-refractivity contribution in [2.45, 2.75) is 13.8 Å². The van der Waals surface area contributed by atoms with Gasteiger partial charge in [-0.15, -0.1) is 6.58 Å². The van der Waals surface area contributed by atoms with Crippen LogP contribution in [0.15, 0.2) is 29.3 Å². The summed E-state index contributed by atoms with van der Waals surface area (Å²) in [4.78, 5) is 24.1. The SMILES string of the molecule is C=CCN(CC(=O)O)C(=O)Nc1c(C)cc(Br)cc1C. The normalized spacial score (nSPS) is 9.95. The zero-order valence-electron chi connectivity index (χ0n) is 11.4. The van der Waals surface area contributed by atoms with Crippen LogP contribution in [-0.4, -0.2) is 35.1 Å². The Labute approximate surface area is 126 Å².